The molecule has 2 N–H and O–H groups in total. The van der Waals surface area contributed by atoms with E-state index in [1.54, 1.807) is 0 Å². The number of nitrogens with two attached hydrogens (primary N) is 1. The number of hydrogen-bond acceptors (Lipinski definition) is 2. The van der Waals surface area contributed by atoms with Crippen LogP contribution in [-0.2, 0) is 6.42 Å². The standard InChI is InChI=1S/C18H29NO/c1-12-8-13(2)10-17(9-12)20-18-14(3)6-5-7-16(18)11-15(4)19/h5-7,12-13,15,17H,8-11,19H2,1-4H3. The van der Waals surface area contributed by atoms with Gasteiger partial charge in [0.1, 0.15) is 5.75 Å². The molecule has 1 aliphatic carbocycles. The Kier molecular flexibility index (Phi) is 5.09. The molecule has 0 spiro atoms. The average molecular weight is 275 g/mol. The normalized spacial score (nSPS) is 28.1. The fourth-order valence-electron chi connectivity index (χ4n) is 3.53. The molecule has 20 heavy (non-hydrogen) atoms. The largest absolute Gasteiger partial charge is 0.490 e. The summed E-state index contributed by atoms with van der Waals surface area (Å²) in [5.41, 5.74) is 8.45. The van der Waals surface area contributed by atoms with Crippen molar-refractivity contribution >= 4 is 0 Å². The van der Waals surface area contributed by atoms with Crippen LogP contribution in [0.15, 0.2) is 18.2 Å². The maximum atomic E-state index is 6.40. The van der Waals surface area contributed by atoms with Crippen LogP contribution in [0.25, 0.3) is 0 Å². The van der Waals surface area contributed by atoms with Gasteiger partial charge in [0.25, 0.3) is 0 Å². The van der Waals surface area contributed by atoms with Crippen LogP contribution in [0.5, 0.6) is 5.75 Å². The van der Waals surface area contributed by atoms with Crippen LogP contribution in [0, 0.1) is 18.8 Å². The molecule has 2 heteroatoms. The smallest absolute Gasteiger partial charge is 0.125 e. The quantitative estimate of drug-likeness (QED) is 0.898. The van der Waals surface area contributed by atoms with Crippen LogP contribution < -0.4 is 10.5 Å². The summed E-state index contributed by atoms with van der Waals surface area (Å²) in [5, 5.41) is 0. The van der Waals surface area contributed by atoms with Crippen molar-refractivity contribution in [2.45, 2.75) is 65.5 Å². The van der Waals surface area contributed by atoms with E-state index in [1.807, 2.05) is 0 Å². The van der Waals surface area contributed by atoms with E-state index >= 15 is 0 Å². The summed E-state index contributed by atoms with van der Waals surface area (Å²) in [7, 11) is 0. The molecule has 0 radical (unpaired) electrons. The van der Waals surface area contributed by atoms with Gasteiger partial charge in [0.05, 0.1) is 6.10 Å². The van der Waals surface area contributed by atoms with Crippen LogP contribution in [-0.4, -0.2) is 12.1 Å². The molecule has 1 saturated carbocycles. The molecule has 2 nitrogen and oxygen atoms in total. The van der Waals surface area contributed by atoms with Crippen LogP contribution in [0.1, 0.15) is 51.2 Å². The van der Waals surface area contributed by atoms with Crippen molar-refractivity contribution in [3.05, 3.63) is 29.3 Å². The van der Waals surface area contributed by atoms with Crippen molar-refractivity contribution in [3.63, 3.8) is 0 Å². The minimum Gasteiger partial charge on any atom is -0.490 e. The maximum Gasteiger partial charge on any atom is 0.125 e. The highest BCUT2D eigenvalue weighted by Gasteiger charge is 2.26. The van der Waals surface area contributed by atoms with Crippen LogP contribution in [0.4, 0.5) is 0 Å². The molecule has 3 unspecified atom stereocenters. The molecular weight excluding hydrogens is 246 g/mol. The zero-order chi connectivity index (χ0) is 14.7. The highest BCUT2D eigenvalue weighted by Crippen LogP contribution is 2.33. The van der Waals surface area contributed by atoms with Crippen molar-refractivity contribution in [3.8, 4) is 5.75 Å². The van der Waals surface area contributed by atoms with Crippen LogP contribution in [0.2, 0.25) is 0 Å². The van der Waals surface area contributed by atoms with Crippen molar-refractivity contribution in [2.75, 3.05) is 0 Å². The Morgan fingerprint density at radius 2 is 1.85 bits per heavy atom. The number of benzene rings is 1. The lowest BCUT2D eigenvalue weighted by Gasteiger charge is -2.32. The van der Waals surface area contributed by atoms with Gasteiger partial charge in [-0.15, -0.1) is 0 Å². The highest BCUT2D eigenvalue weighted by atomic mass is 16.5. The Balaban J connectivity index is 2.15. The summed E-state index contributed by atoms with van der Waals surface area (Å²) in [6.45, 7) is 8.87. The molecule has 0 heterocycles. The molecule has 0 amide bonds. The van der Waals surface area contributed by atoms with Crippen molar-refractivity contribution in [1.82, 2.24) is 0 Å². The molecule has 2 rings (SSSR count). The fourth-order valence-corrected chi connectivity index (χ4v) is 3.53. The molecule has 1 aliphatic rings. The molecule has 1 fully saturated rings. The second kappa shape index (κ2) is 6.62. The Labute approximate surface area is 123 Å². The summed E-state index contributed by atoms with van der Waals surface area (Å²) in [4.78, 5) is 0. The lowest BCUT2D eigenvalue weighted by atomic mass is 9.81. The second-order valence-corrected chi connectivity index (χ2v) is 6.90. The van der Waals surface area contributed by atoms with Gasteiger partial charge in [0.15, 0.2) is 0 Å². The van der Waals surface area contributed by atoms with Gasteiger partial charge in [-0.1, -0.05) is 32.0 Å². The molecule has 0 saturated heterocycles. The number of ether oxygens (including phenoxy) is 1. The minimum atomic E-state index is 0.170. The van der Waals surface area contributed by atoms with E-state index in [2.05, 4.69) is 45.9 Å². The van der Waals surface area contributed by atoms with Gasteiger partial charge in [-0.25, -0.2) is 0 Å². The monoisotopic (exact) mass is 275 g/mol. The molecule has 0 aliphatic heterocycles. The van der Waals surface area contributed by atoms with E-state index in [9.17, 15) is 0 Å². The number of aryl methyl sites for hydroxylation is 1. The minimum absolute atomic E-state index is 0.170. The highest BCUT2D eigenvalue weighted by molar-refractivity contribution is 5.41. The predicted octanol–water partition coefficient (Wildman–Crippen LogP) is 4.09. The third kappa shape index (κ3) is 3.99. The number of rotatable bonds is 4. The van der Waals surface area contributed by atoms with E-state index in [4.69, 9.17) is 10.5 Å². The van der Waals surface area contributed by atoms with E-state index in [0.717, 1.165) is 24.0 Å². The van der Waals surface area contributed by atoms with Gasteiger partial charge < -0.3 is 10.5 Å². The maximum absolute atomic E-state index is 6.40. The molecular formula is C18H29NO. The van der Waals surface area contributed by atoms with Crippen LogP contribution in [0.3, 0.4) is 0 Å². The van der Waals surface area contributed by atoms with E-state index in [0.29, 0.717) is 6.10 Å². The number of para-hydroxylation sites is 1. The lowest BCUT2D eigenvalue weighted by molar-refractivity contribution is 0.0993. The second-order valence-electron chi connectivity index (χ2n) is 6.90. The Morgan fingerprint density at radius 1 is 1.20 bits per heavy atom. The van der Waals surface area contributed by atoms with E-state index < -0.39 is 0 Å². The molecule has 1 aromatic carbocycles. The van der Waals surface area contributed by atoms with Crippen molar-refractivity contribution in [1.29, 1.82) is 0 Å². The Morgan fingerprint density at radius 3 is 2.45 bits per heavy atom. The third-order valence-corrected chi connectivity index (χ3v) is 4.26. The van der Waals surface area contributed by atoms with E-state index in [1.165, 1.54) is 30.4 Å². The summed E-state index contributed by atoms with van der Waals surface area (Å²) < 4.78 is 6.40. The average Bonchev–Trinajstić information content (AvgIpc) is 2.31. The van der Waals surface area contributed by atoms with E-state index in [-0.39, 0.29) is 6.04 Å². The van der Waals surface area contributed by atoms with Gasteiger partial charge in [-0.3, -0.25) is 0 Å². The van der Waals surface area contributed by atoms with Crippen molar-refractivity contribution < 1.29 is 4.74 Å². The first kappa shape index (κ1) is 15.4. The zero-order valence-corrected chi connectivity index (χ0v) is 13.4. The van der Waals surface area contributed by atoms with Gasteiger partial charge in [0, 0.05) is 6.04 Å². The van der Waals surface area contributed by atoms with Crippen LogP contribution >= 0.6 is 0 Å². The molecule has 0 aromatic heterocycles. The van der Waals surface area contributed by atoms with Gasteiger partial charge in [-0.05, 0) is 62.5 Å². The Hall–Kier alpha value is -1.02. The number of hydrogen-bond donors (Lipinski definition) is 1. The first-order valence-corrected chi connectivity index (χ1v) is 7.96. The van der Waals surface area contributed by atoms with Gasteiger partial charge in [-0.2, -0.15) is 0 Å². The summed E-state index contributed by atoms with van der Waals surface area (Å²) in [6, 6.07) is 6.56. The van der Waals surface area contributed by atoms with Gasteiger partial charge >= 0.3 is 0 Å². The first-order valence-electron chi connectivity index (χ1n) is 7.96. The Bertz CT molecular complexity index is 431. The summed E-state index contributed by atoms with van der Waals surface area (Å²) in [6.07, 6.45) is 4.93. The van der Waals surface area contributed by atoms with Crippen molar-refractivity contribution in [2.24, 2.45) is 17.6 Å². The topological polar surface area (TPSA) is 35.2 Å². The molecule has 1 aromatic rings. The summed E-state index contributed by atoms with van der Waals surface area (Å²) in [5.74, 6) is 2.62. The molecule has 3 atom stereocenters. The first-order chi connectivity index (χ1) is 9.45. The fraction of sp³-hybridized carbons (Fsp3) is 0.667. The molecule has 112 valence electrons. The summed E-state index contributed by atoms with van der Waals surface area (Å²) >= 11 is 0. The SMILES string of the molecule is Cc1cccc(CC(C)N)c1OC1CC(C)CC(C)C1. The third-order valence-electron chi connectivity index (χ3n) is 4.26. The zero-order valence-electron chi connectivity index (χ0n) is 13.4. The van der Waals surface area contributed by atoms with Gasteiger partial charge in [0.2, 0.25) is 0 Å². The predicted molar refractivity (Wildman–Crippen MR) is 85.1 cm³/mol. The lowest BCUT2D eigenvalue weighted by Crippen LogP contribution is -2.29. The molecule has 0 bridgehead atoms.